The number of aromatic nitrogens is 2. The fourth-order valence-electron chi connectivity index (χ4n) is 3.25. The van der Waals surface area contributed by atoms with Crippen molar-refractivity contribution in [3.05, 3.63) is 22.2 Å². The largest absolute Gasteiger partial charge is 0.383 e. The molecule has 0 aliphatic carbocycles. The molecule has 0 bridgehead atoms. The molecule has 1 aromatic heterocycles. The van der Waals surface area contributed by atoms with Gasteiger partial charge in [0.05, 0.1) is 11.7 Å². The minimum absolute atomic E-state index is 0.161. The minimum atomic E-state index is -3.59. The Bertz CT molecular complexity index is 825. The first kappa shape index (κ1) is 24.4. The van der Waals surface area contributed by atoms with E-state index in [1.165, 1.54) is 11.7 Å². The van der Waals surface area contributed by atoms with Gasteiger partial charge in [0.2, 0.25) is 0 Å². The van der Waals surface area contributed by atoms with Crippen LogP contribution in [0.1, 0.15) is 52.8 Å². The maximum Gasteiger partial charge on any atom is 0.351 e. The molecule has 9 nitrogen and oxygen atoms in total. The summed E-state index contributed by atoms with van der Waals surface area (Å²) in [6.07, 6.45) is -0.515. The Morgan fingerprint density at radius 1 is 1.41 bits per heavy atom. The van der Waals surface area contributed by atoms with E-state index in [0.29, 0.717) is 12.0 Å². The molecular formula is C18H32N3O6PS. The first-order valence-corrected chi connectivity index (χ1v) is 12.1. The molecule has 1 fully saturated rings. The van der Waals surface area contributed by atoms with Crippen molar-refractivity contribution in [2.24, 2.45) is 5.92 Å². The second-order valence-corrected chi connectivity index (χ2v) is 11.4. The van der Waals surface area contributed by atoms with Gasteiger partial charge >= 0.3 is 12.4 Å². The van der Waals surface area contributed by atoms with Crippen LogP contribution in [0.2, 0.25) is 0 Å². The number of hydrogen-bond donors (Lipinski definition) is 2. The molecule has 2 rings (SSSR count). The highest BCUT2D eigenvalue weighted by Gasteiger charge is 2.49. The first-order valence-electron chi connectivity index (χ1n) is 9.49. The van der Waals surface area contributed by atoms with E-state index in [2.05, 4.69) is 4.98 Å². The molecule has 166 valence electrons. The maximum atomic E-state index is 12.5. The van der Waals surface area contributed by atoms with E-state index in [9.17, 15) is 9.69 Å². The average Bonchev–Trinajstić information content (AvgIpc) is 2.84. The number of nitrogen functional groups attached to an aromatic ring is 1. The van der Waals surface area contributed by atoms with Gasteiger partial charge in [-0.15, -0.1) is 0 Å². The highest BCUT2D eigenvalue weighted by atomic mass is 32.5. The molecule has 3 N–H and O–H groups in total. The Kier molecular flexibility index (Phi) is 7.65. The van der Waals surface area contributed by atoms with Crippen molar-refractivity contribution >= 4 is 24.3 Å². The molecule has 0 saturated carbocycles. The number of hydrogen-bond acceptors (Lipinski definition) is 8. The summed E-state index contributed by atoms with van der Waals surface area (Å²) in [5.41, 5.74) is 5.13. The molecule has 1 aliphatic rings. The summed E-state index contributed by atoms with van der Waals surface area (Å²) < 4.78 is 24.6. The zero-order chi connectivity index (χ0) is 22.1. The number of methoxy groups -OCH3 is 1. The van der Waals surface area contributed by atoms with Crippen molar-refractivity contribution in [3.8, 4) is 0 Å². The number of rotatable bonds is 7. The lowest BCUT2D eigenvalue weighted by molar-refractivity contribution is -0.0564. The summed E-state index contributed by atoms with van der Waals surface area (Å²) in [4.78, 5) is 26.9. The summed E-state index contributed by atoms with van der Waals surface area (Å²) in [5.74, 6) is 0.430. The molecule has 29 heavy (non-hydrogen) atoms. The van der Waals surface area contributed by atoms with E-state index in [1.54, 1.807) is 33.9 Å². The fourth-order valence-corrected chi connectivity index (χ4v) is 5.51. The van der Waals surface area contributed by atoms with Gasteiger partial charge in [0.1, 0.15) is 18.0 Å². The van der Waals surface area contributed by atoms with Gasteiger partial charge in [-0.05, 0) is 51.8 Å². The van der Waals surface area contributed by atoms with E-state index < -0.39 is 42.5 Å². The summed E-state index contributed by atoms with van der Waals surface area (Å²) in [5, 5.41) is 0. The Balaban J connectivity index is 2.41. The van der Waals surface area contributed by atoms with E-state index in [0.717, 1.165) is 0 Å². The quantitative estimate of drug-likeness (QED) is 0.605. The number of nitrogens with zero attached hydrogens (tertiary/aromatic N) is 2. The molecule has 0 radical (unpaired) electrons. The third kappa shape index (κ3) is 6.30. The van der Waals surface area contributed by atoms with Gasteiger partial charge in [-0.25, -0.2) is 4.79 Å². The van der Waals surface area contributed by atoms with E-state index >= 15 is 0 Å². The van der Waals surface area contributed by atoms with Gasteiger partial charge in [-0.2, -0.15) is 4.98 Å². The van der Waals surface area contributed by atoms with E-state index in [-0.39, 0.29) is 11.7 Å². The van der Waals surface area contributed by atoms with Crippen molar-refractivity contribution in [3.63, 3.8) is 0 Å². The molecule has 2 heterocycles. The number of anilines is 1. The van der Waals surface area contributed by atoms with Gasteiger partial charge in [0.25, 0.3) is 0 Å². The van der Waals surface area contributed by atoms with Crippen LogP contribution in [0.5, 0.6) is 0 Å². The summed E-state index contributed by atoms with van der Waals surface area (Å²) in [6.45, 7) is 7.58. The normalized spacial score (nSPS) is 27.3. The van der Waals surface area contributed by atoms with Gasteiger partial charge in [0, 0.05) is 18.9 Å². The molecule has 0 amide bonds. The Morgan fingerprint density at radius 3 is 2.55 bits per heavy atom. The Hall–Kier alpha value is -0.870. The monoisotopic (exact) mass is 449 g/mol. The van der Waals surface area contributed by atoms with Crippen LogP contribution < -0.4 is 11.4 Å². The van der Waals surface area contributed by atoms with E-state index in [1.807, 2.05) is 13.8 Å². The smallest absolute Gasteiger partial charge is 0.351 e. The second-order valence-electron chi connectivity index (χ2n) is 8.64. The van der Waals surface area contributed by atoms with E-state index in [4.69, 9.17) is 36.1 Å². The summed E-state index contributed by atoms with van der Waals surface area (Å²) >= 11 is 5.23. The predicted molar refractivity (Wildman–Crippen MR) is 114 cm³/mol. The molecule has 1 saturated heterocycles. The third-order valence-corrected chi connectivity index (χ3v) is 6.12. The lowest BCUT2D eigenvalue weighted by Gasteiger charge is -2.31. The molecule has 0 spiro atoms. The lowest BCUT2D eigenvalue weighted by atomic mass is 10.0. The minimum Gasteiger partial charge on any atom is -0.383 e. The first-order chi connectivity index (χ1) is 13.2. The van der Waals surface area contributed by atoms with Crippen LogP contribution in [-0.4, -0.2) is 45.5 Å². The molecule has 1 aromatic rings. The van der Waals surface area contributed by atoms with Gasteiger partial charge in [0.15, 0.2) is 6.23 Å². The lowest BCUT2D eigenvalue weighted by Crippen LogP contribution is -2.39. The highest BCUT2D eigenvalue weighted by molar-refractivity contribution is 8.07. The molecule has 0 aromatic carbocycles. The fraction of sp³-hybridized carbons (Fsp3) is 0.778. The summed E-state index contributed by atoms with van der Waals surface area (Å²) in [6, 6.07) is 0. The van der Waals surface area contributed by atoms with Crippen molar-refractivity contribution in [1.29, 1.82) is 0 Å². The van der Waals surface area contributed by atoms with Crippen LogP contribution in [0.15, 0.2) is 11.0 Å². The Morgan fingerprint density at radius 2 is 2.03 bits per heavy atom. The van der Waals surface area contributed by atoms with Crippen molar-refractivity contribution in [1.82, 2.24) is 9.55 Å². The zero-order valence-corrected chi connectivity index (χ0v) is 19.7. The second kappa shape index (κ2) is 9.09. The van der Waals surface area contributed by atoms with Gasteiger partial charge in [-0.1, -0.05) is 13.8 Å². The van der Waals surface area contributed by atoms with Gasteiger partial charge in [-0.3, -0.25) is 9.09 Å². The number of ether oxygens (including phenoxy) is 2. The number of nitrogens with two attached hydrogens (primary N) is 1. The maximum absolute atomic E-state index is 12.5. The average molecular weight is 450 g/mol. The molecule has 3 unspecified atom stereocenters. The third-order valence-electron chi connectivity index (χ3n) is 4.35. The predicted octanol–water partition coefficient (Wildman–Crippen LogP) is 2.51. The molecule has 5 atom stereocenters. The zero-order valence-electron chi connectivity index (χ0n) is 18.0. The van der Waals surface area contributed by atoms with Crippen LogP contribution >= 0.6 is 6.72 Å². The summed E-state index contributed by atoms with van der Waals surface area (Å²) in [7, 11) is 1.49. The molecule has 1 aliphatic heterocycles. The molecular weight excluding hydrogens is 417 g/mol. The van der Waals surface area contributed by atoms with Crippen LogP contribution in [0.25, 0.3) is 0 Å². The van der Waals surface area contributed by atoms with Crippen LogP contribution in [0.3, 0.4) is 0 Å². The van der Waals surface area contributed by atoms with Crippen LogP contribution in [-0.2, 0) is 30.3 Å². The number of aryl methyl sites for hydroxylation is 1. The standard InChI is InChI=1S/C18H32N3O6PS/c1-10(2)8-12-13(26-28(23,29)27-18(4,5)6)14(24-7)16(25-12)21-9-11(3)15(19)20-17(21)22/h9-10,12-14,16H,8H2,1-7H3,(H,23,29)(H2,19,20,22)/t12-,13?,14?,16-,28?/m1/s1. The van der Waals surface area contributed by atoms with Crippen molar-refractivity contribution in [2.45, 2.75) is 78.1 Å². The highest BCUT2D eigenvalue weighted by Crippen LogP contribution is 2.52. The van der Waals surface area contributed by atoms with Crippen LogP contribution in [0.4, 0.5) is 5.82 Å². The Labute approximate surface area is 176 Å². The van der Waals surface area contributed by atoms with Gasteiger partial charge < -0.3 is 24.6 Å². The van der Waals surface area contributed by atoms with Crippen LogP contribution in [0, 0.1) is 12.8 Å². The topological polar surface area (TPSA) is 118 Å². The van der Waals surface area contributed by atoms with Crippen molar-refractivity contribution in [2.75, 3.05) is 12.8 Å². The van der Waals surface area contributed by atoms with Crippen molar-refractivity contribution < 1.29 is 23.4 Å². The molecule has 11 heteroatoms. The SMILES string of the molecule is COC1C(OP(O)(=S)OC(C)(C)C)[C@@H](CC(C)C)O[C@H]1n1cc(C)c(N)nc1=O.